The first-order valence-corrected chi connectivity index (χ1v) is 10.0. The van der Waals surface area contributed by atoms with Gasteiger partial charge in [0.2, 0.25) is 0 Å². The number of aliphatic imine (C=N–C) groups is 1. The van der Waals surface area contributed by atoms with Crippen LogP contribution in [0.3, 0.4) is 0 Å². The summed E-state index contributed by atoms with van der Waals surface area (Å²) in [6, 6.07) is 25.8. The van der Waals surface area contributed by atoms with E-state index >= 15 is 0 Å². The fourth-order valence-electron chi connectivity index (χ4n) is 3.12. The summed E-state index contributed by atoms with van der Waals surface area (Å²) in [6.45, 7) is 5.53. The number of ether oxygens (including phenoxy) is 1. The highest BCUT2D eigenvalue weighted by atomic mass is 16.6. The molecule has 0 aromatic heterocycles. The van der Waals surface area contributed by atoms with E-state index in [1.807, 2.05) is 87.5 Å². The lowest BCUT2D eigenvalue weighted by molar-refractivity contribution is -0.156. The minimum atomic E-state index is -0.749. The van der Waals surface area contributed by atoms with Crippen molar-refractivity contribution < 1.29 is 14.6 Å². The summed E-state index contributed by atoms with van der Waals surface area (Å²) >= 11 is 0. The van der Waals surface area contributed by atoms with E-state index in [0.29, 0.717) is 6.42 Å². The van der Waals surface area contributed by atoms with E-state index in [0.717, 1.165) is 22.4 Å². The molecule has 0 heterocycles. The van der Waals surface area contributed by atoms with E-state index < -0.39 is 17.6 Å². The number of phenols is 1. The van der Waals surface area contributed by atoms with Crippen LogP contribution in [0.5, 0.6) is 5.75 Å². The summed E-state index contributed by atoms with van der Waals surface area (Å²) in [7, 11) is 0. The van der Waals surface area contributed by atoms with Gasteiger partial charge in [-0.25, -0.2) is 4.79 Å². The Morgan fingerprint density at radius 1 is 0.900 bits per heavy atom. The Morgan fingerprint density at radius 2 is 1.47 bits per heavy atom. The van der Waals surface area contributed by atoms with Gasteiger partial charge in [-0.1, -0.05) is 72.8 Å². The Morgan fingerprint density at radius 3 is 1.97 bits per heavy atom. The van der Waals surface area contributed by atoms with Gasteiger partial charge in [0.15, 0.2) is 6.04 Å². The summed E-state index contributed by atoms with van der Waals surface area (Å²) in [5.74, 6) is -0.235. The van der Waals surface area contributed by atoms with Crippen LogP contribution in [0.4, 0.5) is 0 Å². The highest BCUT2D eigenvalue weighted by molar-refractivity contribution is 6.13. The molecular weight excluding hydrogens is 374 g/mol. The van der Waals surface area contributed by atoms with Crippen molar-refractivity contribution in [2.24, 2.45) is 4.99 Å². The minimum Gasteiger partial charge on any atom is -0.508 e. The number of hydrogen-bond donors (Lipinski definition) is 1. The maximum absolute atomic E-state index is 13.1. The molecule has 0 bridgehead atoms. The van der Waals surface area contributed by atoms with Crippen molar-refractivity contribution in [1.82, 2.24) is 0 Å². The number of esters is 1. The van der Waals surface area contributed by atoms with Gasteiger partial charge < -0.3 is 9.84 Å². The molecule has 0 unspecified atom stereocenters. The molecule has 0 spiro atoms. The lowest BCUT2D eigenvalue weighted by Gasteiger charge is -2.23. The van der Waals surface area contributed by atoms with Gasteiger partial charge in [-0.3, -0.25) is 4.99 Å². The lowest BCUT2D eigenvalue weighted by atomic mass is 10.0. The number of aromatic hydroxyl groups is 1. The van der Waals surface area contributed by atoms with Gasteiger partial charge in [-0.2, -0.15) is 0 Å². The molecule has 1 atom stereocenters. The van der Waals surface area contributed by atoms with Gasteiger partial charge >= 0.3 is 5.97 Å². The molecule has 154 valence electrons. The number of carbonyl (C=O) groups excluding carboxylic acids is 1. The number of carbonyl (C=O) groups is 1. The van der Waals surface area contributed by atoms with Crippen LogP contribution in [0.1, 0.15) is 37.5 Å². The molecule has 0 aliphatic rings. The Hall–Kier alpha value is -3.40. The zero-order valence-corrected chi connectivity index (χ0v) is 17.6. The number of nitrogens with zero attached hydrogens (tertiary/aromatic N) is 1. The quantitative estimate of drug-likeness (QED) is 0.457. The highest BCUT2D eigenvalue weighted by Crippen LogP contribution is 2.19. The molecule has 30 heavy (non-hydrogen) atoms. The average molecular weight is 402 g/mol. The third kappa shape index (κ3) is 6.05. The molecule has 0 aliphatic carbocycles. The van der Waals surface area contributed by atoms with Crippen LogP contribution in [-0.2, 0) is 16.0 Å². The molecule has 0 fully saturated rings. The average Bonchev–Trinajstić information content (AvgIpc) is 2.71. The first-order chi connectivity index (χ1) is 14.3. The predicted octanol–water partition coefficient (Wildman–Crippen LogP) is 5.18. The van der Waals surface area contributed by atoms with Gasteiger partial charge in [-0.05, 0) is 38.5 Å². The van der Waals surface area contributed by atoms with Gasteiger partial charge in [0.05, 0.1) is 5.71 Å². The Kier molecular flexibility index (Phi) is 6.68. The second-order valence-electron chi connectivity index (χ2n) is 8.13. The van der Waals surface area contributed by atoms with Crippen molar-refractivity contribution in [1.29, 1.82) is 0 Å². The van der Waals surface area contributed by atoms with Crippen LogP contribution in [0, 0.1) is 0 Å². The van der Waals surface area contributed by atoms with E-state index in [2.05, 4.69) is 0 Å². The Bertz CT molecular complexity index is 964. The molecule has 0 amide bonds. The van der Waals surface area contributed by atoms with Gasteiger partial charge in [-0.15, -0.1) is 0 Å². The summed E-state index contributed by atoms with van der Waals surface area (Å²) < 4.78 is 5.67. The molecule has 4 nitrogen and oxygen atoms in total. The fraction of sp³-hybridized carbons (Fsp3) is 0.231. The maximum atomic E-state index is 13.1. The number of phenolic OH excluding ortho intramolecular Hbond substituents is 1. The highest BCUT2D eigenvalue weighted by Gasteiger charge is 2.26. The zero-order chi connectivity index (χ0) is 21.6. The van der Waals surface area contributed by atoms with Crippen molar-refractivity contribution in [2.45, 2.75) is 38.8 Å². The van der Waals surface area contributed by atoms with Gasteiger partial charge in [0.1, 0.15) is 11.4 Å². The lowest BCUT2D eigenvalue weighted by Crippen LogP contribution is -2.33. The second-order valence-corrected chi connectivity index (χ2v) is 8.13. The van der Waals surface area contributed by atoms with Crippen molar-refractivity contribution in [3.63, 3.8) is 0 Å². The van der Waals surface area contributed by atoms with Crippen molar-refractivity contribution >= 4 is 11.7 Å². The van der Waals surface area contributed by atoms with E-state index in [1.165, 1.54) is 0 Å². The third-order valence-corrected chi connectivity index (χ3v) is 4.40. The monoisotopic (exact) mass is 401 g/mol. The Balaban J connectivity index is 2.06. The van der Waals surface area contributed by atoms with Crippen LogP contribution < -0.4 is 0 Å². The van der Waals surface area contributed by atoms with Crippen LogP contribution in [0.25, 0.3) is 0 Å². The van der Waals surface area contributed by atoms with E-state index in [1.54, 1.807) is 18.2 Å². The van der Waals surface area contributed by atoms with Crippen molar-refractivity contribution in [2.75, 3.05) is 0 Å². The smallest absolute Gasteiger partial charge is 0.331 e. The Labute approximate surface area is 177 Å². The van der Waals surface area contributed by atoms with Crippen molar-refractivity contribution in [3.8, 4) is 5.75 Å². The molecule has 0 radical (unpaired) electrons. The number of rotatable bonds is 6. The maximum Gasteiger partial charge on any atom is 0.331 e. The molecule has 4 heteroatoms. The molecule has 0 saturated carbocycles. The molecule has 3 aromatic rings. The van der Waals surface area contributed by atoms with Crippen molar-refractivity contribution in [3.05, 3.63) is 102 Å². The standard InChI is InChI=1S/C26H27NO3/c1-26(2,3)30-25(29)23(18-19-11-10-16-22(28)17-19)27-24(20-12-6-4-7-13-20)21-14-8-5-9-15-21/h4-17,23,28H,18H2,1-3H3/t23-/m0/s1. The zero-order valence-electron chi connectivity index (χ0n) is 17.6. The fourth-order valence-corrected chi connectivity index (χ4v) is 3.12. The largest absolute Gasteiger partial charge is 0.508 e. The van der Waals surface area contributed by atoms with Crippen LogP contribution in [0.15, 0.2) is 89.9 Å². The van der Waals surface area contributed by atoms with Crippen LogP contribution in [-0.4, -0.2) is 28.4 Å². The minimum absolute atomic E-state index is 0.158. The second kappa shape index (κ2) is 9.40. The summed E-state index contributed by atoms with van der Waals surface area (Å²) in [5, 5.41) is 9.84. The van der Waals surface area contributed by atoms with E-state index in [-0.39, 0.29) is 5.75 Å². The SMILES string of the molecule is CC(C)(C)OC(=O)[C@H](Cc1cccc(O)c1)N=C(c1ccccc1)c1ccccc1. The van der Waals surface area contributed by atoms with Crippen LogP contribution in [0.2, 0.25) is 0 Å². The normalized spacial score (nSPS) is 12.1. The first kappa shape index (κ1) is 21.3. The summed E-state index contributed by atoms with van der Waals surface area (Å²) in [4.78, 5) is 17.9. The van der Waals surface area contributed by atoms with E-state index in [9.17, 15) is 9.90 Å². The van der Waals surface area contributed by atoms with E-state index in [4.69, 9.17) is 9.73 Å². The van der Waals surface area contributed by atoms with Crippen LogP contribution >= 0.6 is 0 Å². The number of benzene rings is 3. The number of hydrogen-bond acceptors (Lipinski definition) is 4. The molecule has 3 rings (SSSR count). The topological polar surface area (TPSA) is 58.9 Å². The molecule has 1 N–H and O–H groups in total. The predicted molar refractivity (Wildman–Crippen MR) is 120 cm³/mol. The summed E-state index contributed by atoms with van der Waals surface area (Å²) in [5.41, 5.74) is 2.77. The summed E-state index contributed by atoms with van der Waals surface area (Å²) in [6.07, 6.45) is 0.326. The molecule has 0 aliphatic heterocycles. The molecule has 0 saturated heterocycles. The van der Waals surface area contributed by atoms with Gasteiger partial charge in [0, 0.05) is 17.5 Å². The van der Waals surface area contributed by atoms with Gasteiger partial charge in [0.25, 0.3) is 0 Å². The third-order valence-electron chi connectivity index (χ3n) is 4.40. The molecular formula is C26H27NO3. The first-order valence-electron chi connectivity index (χ1n) is 10.0. The molecule has 3 aromatic carbocycles.